The van der Waals surface area contributed by atoms with Crippen molar-refractivity contribution in [3.05, 3.63) is 34.4 Å². The molecule has 5 N–H and O–H groups in total. The van der Waals surface area contributed by atoms with Crippen LogP contribution in [0, 0.1) is 10.1 Å². The van der Waals surface area contributed by atoms with E-state index in [2.05, 4.69) is 16.4 Å². The lowest BCUT2D eigenvalue weighted by Gasteiger charge is -2.19. The van der Waals surface area contributed by atoms with Crippen LogP contribution in [0.1, 0.15) is 40.0 Å². The predicted molar refractivity (Wildman–Crippen MR) is 96.5 cm³/mol. The zero-order chi connectivity index (χ0) is 19.7. The number of quaternary nitrogens is 1. The van der Waals surface area contributed by atoms with E-state index in [-0.39, 0.29) is 11.6 Å². The number of hydrogen-bond acceptors (Lipinski definition) is 5. The minimum absolute atomic E-state index is 0.0355. The average Bonchev–Trinajstić information content (AvgIpc) is 2.53. The molecule has 1 aromatic carbocycles. The van der Waals surface area contributed by atoms with Crippen molar-refractivity contribution in [2.24, 2.45) is 0 Å². The zero-order valence-electron chi connectivity index (χ0n) is 15.4. The maximum atomic E-state index is 12.1. The molecule has 9 nitrogen and oxygen atoms in total. The number of rotatable bonds is 8. The van der Waals surface area contributed by atoms with Gasteiger partial charge in [0.2, 0.25) is 0 Å². The Hall–Kier alpha value is -2.68. The first kappa shape index (κ1) is 21.4. The molecule has 0 spiro atoms. The van der Waals surface area contributed by atoms with Crippen molar-refractivity contribution in [3.63, 3.8) is 0 Å². The van der Waals surface area contributed by atoms with Crippen LogP contribution in [0.15, 0.2) is 24.3 Å². The van der Waals surface area contributed by atoms with E-state index in [9.17, 15) is 19.7 Å². The summed E-state index contributed by atoms with van der Waals surface area (Å²) in [6, 6.07) is 5.17. The molecule has 0 aliphatic heterocycles. The number of nitro groups is 1. The van der Waals surface area contributed by atoms with E-state index in [1.54, 1.807) is 20.8 Å². The van der Waals surface area contributed by atoms with E-state index >= 15 is 0 Å². The van der Waals surface area contributed by atoms with Crippen LogP contribution in [0.4, 0.5) is 16.2 Å². The molecule has 1 rings (SSSR count). The summed E-state index contributed by atoms with van der Waals surface area (Å²) >= 11 is 0. The number of carbonyl (C=O) groups is 2. The number of non-ortho nitro benzene ring substituents is 1. The molecule has 0 heterocycles. The lowest BCUT2D eigenvalue weighted by molar-refractivity contribution is -0.404. The highest BCUT2D eigenvalue weighted by molar-refractivity contribution is 5.93. The van der Waals surface area contributed by atoms with Gasteiger partial charge in [0.1, 0.15) is 5.60 Å². The number of unbranched alkanes of at least 4 members (excludes halogenated alkanes) is 1. The van der Waals surface area contributed by atoms with Crippen molar-refractivity contribution in [3.8, 4) is 0 Å². The summed E-state index contributed by atoms with van der Waals surface area (Å²) in [5.74, 6) is -0.251. The third kappa shape index (κ3) is 8.43. The highest BCUT2D eigenvalue weighted by Crippen LogP contribution is 2.15. The summed E-state index contributed by atoms with van der Waals surface area (Å²) in [7, 11) is 0. The fourth-order valence-corrected chi connectivity index (χ4v) is 2.06. The van der Waals surface area contributed by atoms with Gasteiger partial charge in [0.15, 0.2) is 6.04 Å². The molecular weight excluding hydrogens is 340 g/mol. The van der Waals surface area contributed by atoms with Crippen LogP contribution in [-0.2, 0) is 9.53 Å². The topological polar surface area (TPSA) is 138 Å². The van der Waals surface area contributed by atoms with Crippen LogP contribution in [-0.4, -0.2) is 35.1 Å². The Morgan fingerprint density at radius 3 is 2.38 bits per heavy atom. The van der Waals surface area contributed by atoms with Crippen LogP contribution in [0.2, 0.25) is 0 Å². The normalized spacial score (nSPS) is 12.2. The van der Waals surface area contributed by atoms with Crippen LogP contribution < -0.4 is 16.4 Å². The zero-order valence-corrected chi connectivity index (χ0v) is 15.4. The summed E-state index contributed by atoms with van der Waals surface area (Å²) in [5, 5.41) is 15.9. The Kier molecular flexibility index (Phi) is 7.98. The number of amides is 2. The van der Waals surface area contributed by atoms with Gasteiger partial charge in [-0.05, 0) is 45.7 Å². The first-order valence-electron chi connectivity index (χ1n) is 8.44. The first-order valence-corrected chi connectivity index (χ1v) is 8.44. The molecule has 0 unspecified atom stereocenters. The van der Waals surface area contributed by atoms with E-state index in [1.165, 1.54) is 24.3 Å². The molecule has 0 radical (unpaired) electrons. The van der Waals surface area contributed by atoms with Gasteiger partial charge >= 0.3 is 6.09 Å². The molecule has 0 bridgehead atoms. The maximum Gasteiger partial charge on any atom is 0.407 e. The summed E-state index contributed by atoms with van der Waals surface area (Å²) in [6.45, 7) is 5.85. The van der Waals surface area contributed by atoms with Gasteiger partial charge in [0.25, 0.3) is 11.6 Å². The number of nitro benzene ring substituents is 1. The summed E-state index contributed by atoms with van der Waals surface area (Å²) in [5.41, 5.74) is 3.75. The number of alkyl carbamates (subject to hydrolysis) is 1. The van der Waals surface area contributed by atoms with Crippen molar-refractivity contribution in [1.29, 1.82) is 0 Å². The minimum atomic E-state index is -0.529. The van der Waals surface area contributed by atoms with Gasteiger partial charge in [-0.15, -0.1) is 0 Å². The highest BCUT2D eigenvalue weighted by Gasteiger charge is 2.18. The molecule has 1 atom stereocenters. The Morgan fingerprint density at radius 1 is 1.23 bits per heavy atom. The molecule has 0 aliphatic rings. The standard InChI is InChI=1S/C17H26N4O5/c1-17(2,3)26-16(23)19-11-5-4-6-14(18)15(22)20-12-7-9-13(10-8-12)21(24)25/h7-10,14H,4-6,11,18H2,1-3H3,(H,19,23)(H,20,22)/p+1/t14-/m0/s1. The lowest BCUT2D eigenvalue weighted by atomic mass is 10.1. The Labute approximate surface area is 152 Å². The molecule has 0 aliphatic carbocycles. The smallest absolute Gasteiger partial charge is 0.407 e. The molecule has 0 saturated heterocycles. The number of nitrogens with zero attached hydrogens (tertiary/aromatic N) is 1. The van der Waals surface area contributed by atoms with Gasteiger partial charge in [-0.2, -0.15) is 0 Å². The van der Waals surface area contributed by atoms with Crippen molar-refractivity contribution in [2.75, 3.05) is 11.9 Å². The molecule has 0 fully saturated rings. The van der Waals surface area contributed by atoms with Crippen molar-refractivity contribution in [1.82, 2.24) is 5.32 Å². The van der Waals surface area contributed by atoms with Crippen LogP contribution in [0.5, 0.6) is 0 Å². The third-order valence-electron chi connectivity index (χ3n) is 3.36. The third-order valence-corrected chi connectivity index (χ3v) is 3.36. The summed E-state index contributed by atoms with van der Waals surface area (Å²) in [6.07, 6.45) is 1.53. The Bertz CT molecular complexity index is 625. The van der Waals surface area contributed by atoms with Crippen LogP contribution in [0.3, 0.4) is 0 Å². The molecule has 0 aromatic heterocycles. The van der Waals surface area contributed by atoms with Crippen LogP contribution in [0.25, 0.3) is 0 Å². The molecule has 26 heavy (non-hydrogen) atoms. The fourth-order valence-electron chi connectivity index (χ4n) is 2.06. The summed E-state index contributed by atoms with van der Waals surface area (Å²) in [4.78, 5) is 33.6. The molecule has 2 amide bonds. The van der Waals surface area contributed by atoms with E-state index in [1.807, 2.05) is 0 Å². The SMILES string of the molecule is CC(C)(C)OC(=O)NCCCC[C@H]([NH3+])C(=O)Nc1ccc([N+](=O)[O-])cc1. The number of hydrogen-bond donors (Lipinski definition) is 3. The van der Waals surface area contributed by atoms with E-state index in [4.69, 9.17) is 4.74 Å². The van der Waals surface area contributed by atoms with Gasteiger partial charge < -0.3 is 21.1 Å². The van der Waals surface area contributed by atoms with Gasteiger partial charge in [-0.1, -0.05) is 0 Å². The van der Waals surface area contributed by atoms with E-state index in [0.29, 0.717) is 25.1 Å². The van der Waals surface area contributed by atoms with Gasteiger partial charge in [-0.3, -0.25) is 14.9 Å². The van der Waals surface area contributed by atoms with Crippen molar-refractivity contribution < 1.29 is 25.0 Å². The van der Waals surface area contributed by atoms with Crippen molar-refractivity contribution >= 4 is 23.4 Å². The molecule has 144 valence electrons. The lowest BCUT2D eigenvalue weighted by Crippen LogP contribution is -2.66. The second-order valence-corrected chi connectivity index (χ2v) is 6.91. The quantitative estimate of drug-likeness (QED) is 0.365. The second kappa shape index (κ2) is 9.71. The fraction of sp³-hybridized carbons (Fsp3) is 0.529. The summed E-state index contributed by atoms with van der Waals surface area (Å²) < 4.78 is 5.12. The van der Waals surface area contributed by atoms with Gasteiger partial charge in [0.05, 0.1) is 4.92 Å². The number of anilines is 1. The molecule has 9 heteroatoms. The Morgan fingerprint density at radius 2 is 1.85 bits per heavy atom. The van der Waals surface area contributed by atoms with E-state index in [0.717, 1.165) is 6.42 Å². The van der Waals surface area contributed by atoms with E-state index < -0.39 is 22.7 Å². The first-order chi connectivity index (χ1) is 12.1. The monoisotopic (exact) mass is 367 g/mol. The minimum Gasteiger partial charge on any atom is -0.444 e. The maximum absolute atomic E-state index is 12.1. The van der Waals surface area contributed by atoms with Crippen molar-refractivity contribution in [2.45, 2.75) is 51.7 Å². The van der Waals surface area contributed by atoms with Crippen LogP contribution >= 0.6 is 0 Å². The second-order valence-electron chi connectivity index (χ2n) is 6.91. The molecule has 1 aromatic rings. The van der Waals surface area contributed by atoms with Gasteiger partial charge in [0, 0.05) is 30.8 Å². The highest BCUT2D eigenvalue weighted by atomic mass is 16.6. The average molecular weight is 367 g/mol. The number of benzene rings is 1. The number of carbonyl (C=O) groups excluding carboxylic acids is 2. The predicted octanol–water partition coefficient (Wildman–Crippen LogP) is 1.84. The largest absolute Gasteiger partial charge is 0.444 e. The number of ether oxygens (including phenoxy) is 1. The molecular formula is C17H27N4O5+. The van der Waals surface area contributed by atoms with Gasteiger partial charge in [-0.25, -0.2) is 4.79 Å². The Balaban J connectivity index is 2.26. The number of nitrogens with one attached hydrogen (secondary N) is 2. The molecule has 0 saturated carbocycles.